The highest BCUT2D eigenvalue weighted by molar-refractivity contribution is 7.14. The molecule has 0 spiro atoms. The summed E-state index contributed by atoms with van der Waals surface area (Å²) in [5.74, 6) is 0.481. The quantitative estimate of drug-likeness (QED) is 0.396. The second-order valence-electron chi connectivity index (χ2n) is 7.27. The molecule has 1 N–H and O–H groups in total. The van der Waals surface area contributed by atoms with Crippen LogP contribution < -0.4 is 10.2 Å². The zero-order chi connectivity index (χ0) is 22.5. The van der Waals surface area contributed by atoms with Gasteiger partial charge in [0.05, 0.1) is 4.88 Å². The number of para-hydroxylation sites is 1. The van der Waals surface area contributed by atoms with E-state index in [0.717, 1.165) is 11.0 Å². The third kappa shape index (κ3) is 4.90. The summed E-state index contributed by atoms with van der Waals surface area (Å²) in [6.45, 7) is 1.58. The maximum absolute atomic E-state index is 13.2. The van der Waals surface area contributed by atoms with Crippen molar-refractivity contribution in [3.63, 3.8) is 0 Å². The summed E-state index contributed by atoms with van der Waals surface area (Å²) in [5.41, 5.74) is 1.46. The van der Waals surface area contributed by atoms with E-state index < -0.39 is 0 Å². The molecule has 0 atom stereocenters. The first-order valence-corrected chi connectivity index (χ1v) is 12.0. The van der Waals surface area contributed by atoms with E-state index in [1.165, 1.54) is 22.7 Å². The van der Waals surface area contributed by atoms with Crippen molar-refractivity contribution < 1.29 is 14.0 Å². The highest BCUT2D eigenvalue weighted by Gasteiger charge is 2.24. The van der Waals surface area contributed by atoms with Crippen molar-refractivity contribution in [2.75, 3.05) is 38.6 Å². The van der Waals surface area contributed by atoms with E-state index in [4.69, 9.17) is 4.42 Å². The van der Waals surface area contributed by atoms with Crippen LogP contribution in [0.3, 0.4) is 0 Å². The van der Waals surface area contributed by atoms with Gasteiger partial charge in [-0.15, -0.1) is 22.7 Å². The number of rotatable bonds is 9. The average Bonchev–Trinajstić information content (AvgIpc) is 3.57. The van der Waals surface area contributed by atoms with Crippen molar-refractivity contribution in [1.29, 1.82) is 0 Å². The first-order chi connectivity index (χ1) is 15.6. The number of likely N-dealkylation sites (N-methyl/N-ethyl adjacent to an activating group) is 2. The number of carbonyl (C=O) groups excluding carboxylic acids is 2. The molecule has 0 fully saturated rings. The Kier molecular flexibility index (Phi) is 6.99. The van der Waals surface area contributed by atoms with Gasteiger partial charge in [0.15, 0.2) is 10.9 Å². The molecule has 7 nitrogen and oxygen atoms in total. The third-order valence-corrected chi connectivity index (χ3v) is 6.77. The Hall–Kier alpha value is -3.01. The standard InChI is InChI=1S/C23H24N4O3S2/c1-24-10-12-26(2)21(28)9-11-27(22(29)20-8-5-13-31-20)23-25-17(15-32-23)19-14-16-6-3-4-7-18(16)30-19/h3-8,13-15,24H,9-12H2,1-2H3. The van der Waals surface area contributed by atoms with Crippen LogP contribution in [0.1, 0.15) is 16.1 Å². The number of nitrogens with zero attached hydrogens (tertiary/aromatic N) is 3. The van der Waals surface area contributed by atoms with Crippen LogP contribution in [0.4, 0.5) is 5.13 Å². The lowest BCUT2D eigenvalue weighted by Crippen LogP contribution is -2.37. The predicted octanol–water partition coefficient (Wildman–Crippen LogP) is 4.33. The van der Waals surface area contributed by atoms with Crippen molar-refractivity contribution in [2.45, 2.75) is 6.42 Å². The SMILES string of the molecule is CNCCN(C)C(=O)CCN(C(=O)c1cccs1)c1nc(-c2cc3ccccc3o2)cs1. The van der Waals surface area contributed by atoms with E-state index >= 15 is 0 Å². The lowest BCUT2D eigenvalue weighted by atomic mass is 10.2. The number of carbonyl (C=O) groups is 2. The largest absolute Gasteiger partial charge is 0.454 e. The van der Waals surface area contributed by atoms with Gasteiger partial charge in [0.25, 0.3) is 5.91 Å². The van der Waals surface area contributed by atoms with Crippen LogP contribution in [0.25, 0.3) is 22.4 Å². The summed E-state index contributed by atoms with van der Waals surface area (Å²) in [6.07, 6.45) is 0.219. The van der Waals surface area contributed by atoms with Gasteiger partial charge in [-0.2, -0.15) is 0 Å². The Morgan fingerprint density at radius 2 is 1.97 bits per heavy atom. The fraction of sp³-hybridized carbons (Fsp3) is 0.261. The number of benzene rings is 1. The van der Waals surface area contributed by atoms with E-state index in [1.54, 1.807) is 22.9 Å². The van der Waals surface area contributed by atoms with Crippen LogP contribution in [0, 0.1) is 0 Å². The number of hydrogen-bond acceptors (Lipinski definition) is 7. The Bertz CT molecular complexity index is 1170. The first kappa shape index (κ1) is 22.2. The average molecular weight is 469 g/mol. The number of thiophene rings is 1. The highest BCUT2D eigenvalue weighted by Crippen LogP contribution is 2.32. The van der Waals surface area contributed by atoms with Gasteiger partial charge in [-0.3, -0.25) is 14.5 Å². The second kappa shape index (κ2) is 10.1. The zero-order valence-corrected chi connectivity index (χ0v) is 19.5. The topological polar surface area (TPSA) is 78.7 Å². The molecule has 3 aromatic heterocycles. The minimum absolute atomic E-state index is 0.0155. The first-order valence-electron chi connectivity index (χ1n) is 10.2. The number of thiazole rings is 1. The molecule has 1 aromatic carbocycles. The minimum atomic E-state index is -0.156. The van der Waals surface area contributed by atoms with Gasteiger partial charge in [-0.05, 0) is 30.6 Å². The van der Waals surface area contributed by atoms with Gasteiger partial charge in [0.2, 0.25) is 5.91 Å². The maximum Gasteiger partial charge on any atom is 0.270 e. The van der Waals surface area contributed by atoms with Crippen molar-refractivity contribution in [2.24, 2.45) is 0 Å². The summed E-state index contributed by atoms with van der Waals surface area (Å²) >= 11 is 2.74. The third-order valence-electron chi connectivity index (χ3n) is 5.05. The molecule has 0 saturated heterocycles. The number of hydrogen-bond donors (Lipinski definition) is 1. The highest BCUT2D eigenvalue weighted by atomic mass is 32.1. The zero-order valence-electron chi connectivity index (χ0n) is 17.9. The van der Waals surface area contributed by atoms with Crippen LogP contribution in [-0.2, 0) is 4.79 Å². The summed E-state index contributed by atoms with van der Waals surface area (Å²) < 4.78 is 5.92. The molecule has 0 bridgehead atoms. The van der Waals surface area contributed by atoms with Crippen LogP contribution in [-0.4, -0.2) is 55.4 Å². The molecular formula is C23H24N4O3S2. The molecule has 0 aliphatic carbocycles. The lowest BCUT2D eigenvalue weighted by Gasteiger charge is -2.21. The normalized spacial score (nSPS) is 11.1. The van der Waals surface area contributed by atoms with Gasteiger partial charge in [-0.1, -0.05) is 24.3 Å². The number of amides is 2. The molecule has 3 heterocycles. The summed E-state index contributed by atoms with van der Waals surface area (Å²) in [4.78, 5) is 34.3. The van der Waals surface area contributed by atoms with Gasteiger partial charge in [-0.25, -0.2) is 4.98 Å². The molecule has 0 aliphatic heterocycles. The number of nitrogens with one attached hydrogen (secondary N) is 1. The fourth-order valence-electron chi connectivity index (χ4n) is 3.23. The van der Waals surface area contributed by atoms with Crippen molar-refractivity contribution in [3.05, 3.63) is 58.1 Å². The molecule has 166 valence electrons. The van der Waals surface area contributed by atoms with E-state index in [9.17, 15) is 9.59 Å². The number of anilines is 1. The Balaban J connectivity index is 1.56. The van der Waals surface area contributed by atoms with E-state index in [1.807, 2.05) is 54.2 Å². The molecule has 0 unspecified atom stereocenters. The Morgan fingerprint density at radius 1 is 1.12 bits per heavy atom. The molecule has 0 radical (unpaired) electrons. The molecule has 4 rings (SSSR count). The van der Waals surface area contributed by atoms with Crippen LogP contribution in [0.5, 0.6) is 0 Å². The molecule has 4 aromatic rings. The van der Waals surface area contributed by atoms with Gasteiger partial charge >= 0.3 is 0 Å². The number of furan rings is 1. The Labute approximate surface area is 194 Å². The molecule has 2 amide bonds. The lowest BCUT2D eigenvalue weighted by molar-refractivity contribution is -0.129. The number of aromatic nitrogens is 1. The molecule has 0 saturated carbocycles. The van der Waals surface area contributed by atoms with Crippen molar-refractivity contribution >= 4 is 50.6 Å². The van der Waals surface area contributed by atoms with Crippen molar-refractivity contribution in [3.8, 4) is 11.5 Å². The molecular weight excluding hydrogens is 444 g/mol. The summed E-state index contributed by atoms with van der Waals surface area (Å²) in [6, 6.07) is 13.4. The number of fused-ring (bicyclic) bond motifs is 1. The predicted molar refractivity (Wildman–Crippen MR) is 129 cm³/mol. The summed E-state index contributed by atoms with van der Waals surface area (Å²) in [5, 5.41) is 8.32. The summed E-state index contributed by atoms with van der Waals surface area (Å²) in [7, 11) is 3.62. The second-order valence-corrected chi connectivity index (χ2v) is 9.05. The molecule has 32 heavy (non-hydrogen) atoms. The van der Waals surface area contributed by atoms with Crippen LogP contribution >= 0.6 is 22.7 Å². The Morgan fingerprint density at radius 3 is 2.72 bits per heavy atom. The van der Waals surface area contributed by atoms with Crippen LogP contribution in [0.2, 0.25) is 0 Å². The van der Waals surface area contributed by atoms with E-state index in [0.29, 0.717) is 34.6 Å². The van der Waals surface area contributed by atoms with Gasteiger partial charge < -0.3 is 14.6 Å². The monoisotopic (exact) mass is 468 g/mol. The minimum Gasteiger partial charge on any atom is -0.454 e. The molecule has 9 heteroatoms. The smallest absolute Gasteiger partial charge is 0.270 e. The maximum atomic E-state index is 13.2. The van der Waals surface area contributed by atoms with Crippen LogP contribution in [0.15, 0.2) is 57.6 Å². The van der Waals surface area contributed by atoms with E-state index in [2.05, 4.69) is 10.3 Å². The van der Waals surface area contributed by atoms with Crippen molar-refractivity contribution in [1.82, 2.24) is 15.2 Å². The van der Waals surface area contributed by atoms with Gasteiger partial charge in [0, 0.05) is 43.9 Å². The fourth-order valence-corrected chi connectivity index (χ4v) is 4.74. The molecule has 0 aliphatic rings. The van der Waals surface area contributed by atoms with Gasteiger partial charge in [0.1, 0.15) is 11.3 Å². The van der Waals surface area contributed by atoms with E-state index in [-0.39, 0.29) is 24.8 Å².